The van der Waals surface area contributed by atoms with Gasteiger partial charge in [0.25, 0.3) is 5.91 Å². The van der Waals surface area contributed by atoms with E-state index in [4.69, 9.17) is 5.73 Å². The lowest BCUT2D eigenvalue weighted by Gasteiger charge is -2.31. The van der Waals surface area contributed by atoms with Gasteiger partial charge in [0.05, 0.1) is 17.7 Å². The Labute approximate surface area is 176 Å². The van der Waals surface area contributed by atoms with Gasteiger partial charge in [0.1, 0.15) is 12.1 Å². The van der Waals surface area contributed by atoms with Crippen molar-refractivity contribution in [1.82, 2.24) is 15.6 Å². The number of carbonyl (C=O) groups excluding carboxylic acids is 3. The molecule has 30 heavy (non-hydrogen) atoms. The third-order valence-corrected chi connectivity index (χ3v) is 5.62. The number of primary amides is 1. The summed E-state index contributed by atoms with van der Waals surface area (Å²) in [6.45, 7) is 0. The Morgan fingerprint density at radius 3 is 2.67 bits per heavy atom. The first-order valence-corrected chi connectivity index (χ1v) is 10.1. The van der Waals surface area contributed by atoms with E-state index in [9.17, 15) is 24.6 Å². The Morgan fingerprint density at radius 2 is 2.03 bits per heavy atom. The molecule has 0 saturated carbocycles. The van der Waals surface area contributed by atoms with Crippen LogP contribution in [0.2, 0.25) is 0 Å². The normalized spacial score (nSPS) is 21.9. The number of rotatable bonds is 7. The molecule has 0 spiro atoms. The van der Waals surface area contributed by atoms with E-state index < -0.39 is 42.0 Å². The summed E-state index contributed by atoms with van der Waals surface area (Å²) in [5.41, 5.74) is 5.83. The van der Waals surface area contributed by atoms with Gasteiger partial charge in [0.15, 0.2) is 0 Å². The number of carbonyl (C=O) groups is 3. The molecule has 9 nitrogen and oxygen atoms in total. The lowest BCUT2D eigenvalue weighted by molar-refractivity contribution is -0.125. The maximum Gasteiger partial charge on any atom is 0.253 e. The average molecular weight is 430 g/mol. The molecule has 4 atom stereocenters. The molecule has 1 aliphatic rings. The topological polar surface area (TPSA) is 155 Å². The van der Waals surface area contributed by atoms with E-state index in [2.05, 4.69) is 15.6 Å². The van der Waals surface area contributed by atoms with Gasteiger partial charge in [0, 0.05) is 35.7 Å². The second kappa shape index (κ2) is 9.61. The Bertz CT molecular complexity index is 932. The summed E-state index contributed by atoms with van der Waals surface area (Å²) in [6.07, 6.45) is 1.82. The maximum absolute atomic E-state index is 12.7. The summed E-state index contributed by atoms with van der Waals surface area (Å²) in [7, 11) is 0. The van der Waals surface area contributed by atoms with Crippen LogP contribution in [0.4, 0.5) is 0 Å². The van der Waals surface area contributed by atoms with Crippen LogP contribution in [0.15, 0.2) is 53.7 Å². The molecule has 158 valence electrons. The van der Waals surface area contributed by atoms with Crippen LogP contribution in [0, 0.1) is 0 Å². The Balaban J connectivity index is 1.72. The predicted octanol–water partition coefficient (Wildman–Crippen LogP) is -0.494. The highest BCUT2D eigenvalue weighted by molar-refractivity contribution is 7.09. The van der Waals surface area contributed by atoms with Gasteiger partial charge in [-0.2, -0.15) is 0 Å². The number of hydrogen-bond acceptors (Lipinski definition) is 7. The van der Waals surface area contributed by atoms with Gasteiger partial charge in [-0.1, -0.05) is 12.1 Å². The van der Waals surface area contributed by atoms with Crippen LogP contribution in [0.5, 0.6) is 0 Å². The van der Waals surface area contributed by atoms with Crippen LogP contribution < -0.4 is 16.4 Å². The molecule has 2 aromatic rings. The molecule has 0 saturated heterocycles. The highest BCUT2D eigenvalue weighted by atomic mass is 32.1. The van der Waals surface area contributed by atoms with E-state index in [0.29, 0.717) is 0 Å². The van der Waals surface area contributed by atoms with E-state index in [0.717, 1.165) is 4.88 Å². The van der Waals surface area contributed by atoms with Crippen LogP contribution >= 0.6 is 11.3 Å². The quantitative estimate of drug-likeness (QED) is 0.399. The van der Waals surface area contributed by atoms with Crippen molar-refractivity contribution < 1.29 is 24.6 Å². The first-order valence-electron chi connectivity index (χ1n) is 9.25. The van der Waals surface area contributed by atoms with Crippen LogP contribution in [-0.2, 0) is 16.0 Å². The Kier molecular flexibility index (Phi) is 6.93. The molecule has 0 fully saturated rings. The number of hydrogen-bond donors (Lipinski definition) is 5. The molecule has 0 bridgehead atoms. The fourth-order valence-corrected chi connectivity index (χ4v) is 3.85. The summed E-state index contributed by atoms with van der Waals surface area (Å²) < 4.78 is 0. The summed E-state index contributed by atoms with van der Waals surface area (Å²) in [4.78, 5) is 41.6. The number of aliphatic hydroxyl groups excluding tert-OH is 2. The molecule has 6 N–H and O–H groups in total. The van der Waals surface area contributed by atoms with E-state index in [1.807, 2.05) is 17.5 Å². The van der Waals surface area contributed by atoms with Crippen molar-refractivity contribution in [3.8, 4) is 0 Å². The van der Waals surface area contributed by atoms with Gasteiger partial charge in [-0.3, -0.25) is 19.4 Å². The minimum absolute atomic E-state index is 0.128. The summed E-state index contributed by atoms with van der Waals surface area (Å²) >= 11 is 1.44. The van der Waals surface area contributed by atoms with E-state index in [-0.39, 0.29) is 24.0 Å². The highest BCUT2D eigenvalue weighted by Crippen LogP contribution is 2.21. The zero-order valence-electron chi connectivity index (χ0n) is 15.9. The average Bonchev–Trinajstić information content (AvgIpc) is 3.24. The van der Waals surface area contributed by atoms with Gasteiger partial charge >= 0.3 is 0 Å². The zero-order valence-corrected chi connectivity index (χ0v) is 16.7. The van der Waals surface area contributed by atoms with E-state index in [1.54, 1.807) is 12.1 Å². The van der Waals surface area contributed by atoms with Gasteiger partial charge in [-0.15, -0.1) is 11.3 Å². The van der Waals surface area contributed by atoms with E-state index in [1.165, 1.54) is 29.8 Å². The van der Waals surface area contributed by atoms with Crippen LogP contribution in [-0.4, -0.2) is 57.2 Å². The van der Waals surface area contributed by atoms with Crippen molar-refractivity contribution in [3.05, 3.63) is 64.1 Å². The third-order valence-electron chi connectivity index (χ3n) is 4.72. The minimum atomic E-state index is -1.29. The molecule has 0 radical (unpaired) electrons. The fraction of sp³-hybridized carbons (Fsp3) is 0.300. The molecule has 0 aliphatic heterocycles. The third kappa shape index (κ3) is 5.29. The van der Waals surface area contributed by atoms with Gasteiger partial charge in [-0.05, 0) is 23.6 Å². The second-order valence-corrected chi connectivity index (χ2v) is 7.94. The molecule has 10 heteroatoms. The summed E-state index contributed by atoms with van der Waals surface area (Å²) in [5, 5.41) is 27.4. The molecule has 2 aromatic heterocycles. The van der Waals surface area contributed by atoms with Gasteiger partial charge in [0.2, 0.25) is 11.8 Å². The zero-order chi connectivity index (χ0) is 21.7. The monoisotopic (exact) mass is 430 g/mol. The second-order valence-electron chi connectivity index (χ2n) is 6.91. The minimum Gasteiger partial charge on any atom is -0.390 e. The van der Waals surface area contributed by atoms with Gasteiger partial charge < -0.3 is 26.6 Å². The van der Waals surface area contributed by atoms with Crippen LogP contribution in [0.25, 0.3) is 0 Å². The number of aliphatic hydroxyl groups is 2. The largest absolute Gasteiger partial charge is 0.390 e. The number of nitrogens with two attached hydrogens (primary N) is 1. The van der Waals surface area contributed by atoms with E-state index >= 15 is 0 Å². The lowest BCUT2D eigenvalue weighted by atomic mass is 9.89. The molecule has 2 heterocycles. The Hall–Kier alpha value is -3.08. The molecule has 0 unspecified atom stereocenters. The van der Waals surface area contributed by atoms with Crippen LogP contribution in [0.1, 0.15) is 21.7 Å². The van der Waals surface area contributed by atoms with Crippen molar-refractivity contribution in [2.45, 2.75) is 37.1 Å². The first kappa shape index (κ1) is 21.6. The van der Waals surface area contributed by atoms with Crippen molar-refractivity contribution in [2.24, 2.45) is 5.73 Å². The number of thiophene rings is 1. The molecule has 3 amide bonds. The lowest BCUT2D eigenvalue weighted by Crippen LogP contribution is -2.52. The molecular formula is C20H22N4O5S. The SMILES string of the molecule is NC(=O)[C@H](Cc1cccs1)NC(=O)C1=C[C@@H](NC(=O)c2cccnc2)[C@@H](O)[C@H](O)C1. The molecule has 1 aliphatic carbocycles. The van der Waals surface area contributed by atoms with Crippen LogP contribution in [0.3, 0.4) is 0 Å². The predicted molar refractivity (Wildman–Crippen MR) is 109 cm³/mol. The maximum atomic E-state index is 12.7. The summed E-state index contributed by atoms with van der Waals surface area (Å²) in [5.74, 6) is -1.79. The van der Waals surface area contributed by atoms with Crippen molar-refractivity contribution >= 4 is 29.1 Å². The molecule has 3 rings (SSSR count). The fourth-order valence-electron chi connectivity index (χ4n) is 3.10. The highest BCUT2D eigenvalue weighted by Gasteiger charge is 2.34. The molecule has 0 aromatic carbocycles. The first-order chi connectivity index (χ1) is 14.3. The summed E-state index contributed by atoms with van der Waals surface area (Å²) in [6, 6.07) is 4.88. The number of nitrogens with one attached hydrogen (secondary N) is 2. The number of aromatic nitrogens is 1. The molecular weight excluding hydrogens is 408 g/mol. The number of pyridine rings is 1. The standard InChI is InChI=1S/C20H22N4O5S/c21-18(27)15(9-13-4-2-6-30-13)24-20(29)12-7-14(17(26)16(25)8-12)23-19(28)11-3-1-5-22-10-11/h1-7,10,14-17,25-26H,8-9H2,(H2,21,27)(H,23,28)(H,24,29)/t14-,15+,16-,17-/m1/s1. The van der Waals surface area contributed by atoms with Crippen molar-refractivity contribution in [3.63, 3.8) is 0 Å². The van der Waals surface area contributed by atoms with Crippen molar-refractivity contribution in [2.75, 3.05) is 0 Å². The Morgan fingerprint density at radius 1 is 1.23 bits per heavy atom. The smallest absolute Gasteiger partial charge is 0.253 e. The van der Waals surface area contributed by atoms with Gasteiger partial charge in [-0.25, -0.2) is 0 Å². The number of nitrogens with zero attached hydrogens (tertiary/aromatic N) is 1. The van der Waals surface area contributed by atoms with Crippen molar-refractivity contribution in [1.29, 1.82) is 0 Å². The number of amides is 3.